The molecule has 164 valence electrons. The molecule has 2 aliphatic rings. The average molecular weight is 420 g/mol. The summed E-state index contributed by atoms with van der Waals surface area (Å²) in [5.74, 6) is -2.44. The maximum absolute atomic E-state index is 12.5. The summed E-state index contributed by atoms with van der Waals surface area (Å²) in [6.45, 7) is 7.76. The van der Waals surface area contributed by atoms with Gasteiger partial charge in [-0.25, -0.2) is 9.59 Å². The van der Waals surface area contributed by atoms with Crippen LogP contribution in [-0.2, 0) is 28.6 Å². The highest BCUT2D eigenvalue weighted by Crippen LogP contribution is 2.36. The fraction of sp³-hybridized carbons (Fsp3) is 0.500. The van der Waals surface area contributed by atoms with Crippen LogP contribution in [0.15, 0.2) is 47.1 Å². The molecule has 8 nitrogen and oxygen atoms in total. The van der Waals surface area contributed by atoms with Gasteiger partial charge in [-0.15, -0.1) is 0 Å². The van der Waals surface area contributed by atoms with E-state index >= 15 is 0 Å². The van der Waals surface area contributed by atoms with E-state index in [-0.39, 0.29) is 11.1 Å². The molecular weight excluding hydrogens is 392 g/mol. The lowest BCUT2D eigenvalue weighted by Crippen LogP contribution is -2.34. The summed E-state index contributed by atoms with van der Waals surface area (Å²) in [4.78, 5) is 36.2. The molecule has 0 spiro atoms. The van der Waals surface area contributed by atoms with E-state index in [0.717, 1.165) is 5.57 Å². The zero-order valence-electron chi connectivity index (χ0n) is 17.4. The second-order valence-electron chi connectivity index (χ2n) is 7.43. The molecule has 1 saturated heterocycles. The molecule has 0 aromatic heterocycles. The first kappa shape index (κ1) is 23.6. The van der Waals surface area contributed by atoms with Gasteiger partial charge in [0.25, 0.3) is 0 Å². The van der Waals surface area contributed by atoms with Crippen LogP contribution in [0.5, 0.6) is 0 Å². The third-order valence-corrected chi connectivity index (χ3v) is 5.14. The van der Waals surface area contributed by atoms with E-state index in [4.69, 9.17) is 19.3 Å². The van der Waals surface area contributed by atoms with Crippen molar-refractivity contribution in [3.8, 4) is 0 Å². The van der Waals surface area contributed by atoms with E-state index in [0.29, 0.717) is 18.4 Å². The fourth-order valence-electron chi connectivity index (χ4n) is 3.56. The third-order valence-electron chi connectivity index (χ3n) is 5.14. The van der Waals surface area contributed by atoms with Crippen LogP contribution in [0.2, 0.25) is 0 Å². The minimum Gasteiger partial charge on any atom is -0.458 e. The van der Waals surface area contributed by atoms with E-state index in [1.165, 1.54) is 13.0 Å². The molecule has 30 heavy (non-hydrogen) atoms. The number of hydrogen-bond donors (Lipinski definition) is 2. The van der Waals surface area contributed by atoms with Crippen LogP contribution in [0.4, 0.5) is 0 Å². The highest BCUT2D eigenvalue weighted by atomic mass is 16.6. The van der Waals surface area contributed by atoms with Crippen LogP contribution < -0.4 is 0 Å². The Morgan fingerprint density at radius 2 is 2.00 bits per heavy atom. The second kappa shape index (κ2) is 10.4. The highest BCUT2D eigenvalue weighted by Gasteiger charge is 2.45. The molecule has 0 aromatic rings. The van der Waals surface area contributed by atoms with Crippen molar-refractivity contribution in [3.05, 3.63) is 47.1 Å². The van der Waals surface area contributed by atoms with Gasteiger partial charge in [0.2, 0.25) is 0 Å². The summed E-state index contributed by atoms with van der Waals surface area (Å²) >= 11 is 0. The predicted molar refractivity (Wildman–Crippen MR) is 107 cm³/mol. The maximum Gasteiger partial charge on any atom is 0.336 e. The molecule has 0 aromatic carbocycles. The van der Waals surface area contributed by atoms with Gasteiger partial charge in [0.05, 0.1) is 24.7 Å². The minimum absolute atomic E-state index is 0.0784. The number of aliphatic hydroxyl groups excluding tert-OH is 2. The van der Waals surface area contributed by atoms with Gasteiger partial charge in [0, 0.05) is 25.3 Å². The largest absolute Gasteiger partial charge is 0.458 e. The number of hydrogen-bond acceptors (Lipinski definition) is 8. The van der Waals surface area contributed by atoms with Gasteiger partial charge in [0.15, 0.2) is 0 Å². The van der Waals surface area contributed by atoms with Crippen LogP contribution in [0, 0.1) is 5.92 Å². The van der Waals surface area contributed by atoms with Crippen LogP contribution in [-0.4, -0.2) is 59.6 Å². The molecule has 0 amide bonds. The molecule has 1 aliphatic carbocycles. The van der Waals surface area contributed by atoms with Crippen molar-refractivity contribution in [2.75, 3.05) is 13.2 Å². The van der Waals surface area contributed by atoms with Gasteiger partial charge < -0.3 is 24.4 Å². The zero-order valence-corrected chi connectivity index (χ0v) is 17.4. The lowest BCUT2D eigenvalue weighted by atomic mass is 9.85. The van der Waals surface area contributed by atoms with Gasteiger partial charge in [-0.3, -0.25) is 4.79 Å². The Labute approximate surface area is 175 Å². The first-order valence-corrected chi connectivity index (χ1v) is 9.70. The quantitative estimate of drug-likeness (QED) is 0.297. The van der Waals surface area contributed by atoms with Crippen molar-refractivity contribution >= 4 is 17.9 Å². The number of esters is 3. The molecule has 2 rings (SSSR count). The van der Waals surface area contributed by atoms with Crippen LogP contribution in [0.1, 0.15) is 33.6 Å². The van der Waals surface area contributed by atoms with Crippen molar-refractivity contribution in [2.24, 2.45) is 5.92 Å². The third kappa shape index (κ3) is 5.67. The Morgan fingerprint density at radius 1 is 1.30 bits per heavy atom. The SMILES string of the molecule is C=C1C(=O)O[C@H]2/C=C(/C)[C@@H](OC(C)=O)C/C=C(\C)C[C@@H](OC(=O)/C(=C/CO)CO)[C@H]12. The maximum atomic E-state index is 12.5. The lowest BCUT2D eigenvalue weighted by Gasteiger charge is -2.28. The monoisotopic (exact) mass is 420 g/mol. The van der Waals surface area contributed by atoms with Gasteiger partial charge in [-0.05, 0) is 31.6 Å². The summed E-state index contributed by atoms with van der Waals surface area (Å²) in [7, 11) is 0. The number of fused-ring (bicyclic) bond motifs is 1. The molecule has 1 fully saturated rings. The number of rotatable bonds is 5. The first-order chi connectivity index (χ1) is 14.2. The Bertz CT molecular complexity index is 804. The second-order valence-corrected chi connectivity index (χ2v) is 7.43. The van der Waals surface area contributed by atoms with Crippen molar-refractivity contribution in [2.45, 2.75) is 51.9 Å². The van der Waals surface area contributed by atoms with Crippen molar-refractivity contribution in [3.63, 3.8) is 0 Å². The van der Waals surface area contributed by atoms with Crippen molar-refractivity contribution < 1.29 is 38.8 Å². The molecule has 4 atom stereocenters. The summed E-state index contributed by atoms with van der Waals surface area (Å²) in [5.41, 5.74) is 1.67. The molecule has 0 radical (unpaired) electrons. The normalized spacial score (nSPS) is 30.9. The molecule has 2 N–H and O–H groups in total. The smallest absolute Gasteiger partial charge is 0.336 e. The molecule has 0 saturated carbocycles. The Hall–Kier alpha value is -2.71. The van der Waals surface area contributed by atoms with E-state index in [2.05, 4.69) is 6.58 Å². The van der Waals surface area contributed by atoms with Crippen molar-refractivity contribution in [1.29, 1.82) is 0 Å². The van der Waals surface area contributed by atoms with E-state index in [9.17, 15) is 19.5 Å². The zero-order chi connectivity index (χ0) is 22.4. The highest BCUT2D eigenvalue weighted by molar-refractivity contribution is 5.92. The van der Waals surface area contributed by atoms with Crippen molar-refractivity contribution in [1.82, 2.24) is 0 Å². The standard InChI is InChI=1S/C22H28O8/c1-12-5-6-17(28-15(4)25)13(2)10-19-20(14(3)21(26)29-19)18(9-12)30-22(27)16(11-24)7-8-23/h5,7,10,17-20,23-24H,3,6,8-9,11H2,1-2,4H3/b12-5+,13-10-,16-7+/t17-,18+,19-,20-/m0/s1. The van der Waals surface area contributed by atoms with E-state index in [1.807, 2.05) is 13.0 Å². The van der Waals surface area contributed by atoms with Crippen LogP contribution in [0.3, 0.4) is 0 Å². The van der Waals surface area contributed by atoms with E-state index < -0.39 is 55.4 Å². The van der Waals surface area contributed by atoms with E-state index in [1.54, 1.807) is 13.0 Å². The Morgan fingerprint density at radius 3 is 2.60 bits per heavy atom. The lowest BCUT2D eigenvalue weighted by molar-refractivity contribution is -0.148. The average Bonchev–Trinajstić information content (AvgIpc) is 2.94. The van der Waals surface area contributed by atoms with Crippen LogP contribution >= 0.6 is 0 Å². The predicted octanol–water partition coefficient (Wildman–Crippen LogP) is 1.53. The number of aliphatic hydroxyl groups is 2. The van der Waals surface area contributed by atoms with Gasteiger partial charge >= 0.3 is 17.9 Å². The number of ether oxygens (including phenoxy) is 3. The summed E-state index contributed by atoms with van der Waals surface area (Å²) < 4.78 is 16.5. The summed E-state index contributed by atoms with van der Waals surface area (Å²) in [6.07, 6.45) is 3.45. The van der Waals surface area contributed by atoms with Crippen LogP contribution in [0.25, 0.3) is 0 Å². The topological polar surface area (TPSA) is 119 Å². The molecule has 1 aliphatic heterocycles. The van der Waals surface area contributed by atoms with Gasteiger partial charge in [-0.1, -0.05) is 18.2 Å². The minimum atomic E-state index is -0.786. The number of carbonyl (C=O) groups is 3. The Kier molecular flexibility index (Phi) is 8.14. The Balaban J connectivity index is 2.42. The molecule has 0 unspecified atom stereocenters. The van der Waals surface area contributed by atoms with Gasteiger partial charge in [0.1, 0.15) is 18.3 Å². The molecular formula is C22H28O8. The first-order valence-electron chi connectivity index (χ1n) is 9.70. The molecule has 0 bridgehead atoms. The summed E-state index contributed by atoms with van der Waals surface area (Å²) in [6, 6.07) is 0. The molecule has 8 heteroatoms. The van der Waals surface area contributed by atoms with Gasteiger partial charge in [-0.2, -0.15) is 0 Å². The summed E-state index contributed by atoms with van der Waals surface area (Å²) in [5, 5.41) is 18.4. The number of carbonyl (C=O) groups excluding carboxylic acids is 3. The fourth-order valence-corrected chi connectivity index (χ4v) is 3.56. The molecule has 1 heterocycles.